The van der Waals surface area contributed by atoms with Crippen LogP contribution < -0.4 is 10.0 Å². The maximum absolute atomic E-state index is 12.6. The van der Waals surface area contributed by atoms with Crippen LogP contribution in [-0.4, -0.2) is 50.7 Å². The van der Waals surface area contributed by atoms with Gasteiger partial charge in [0.05, 0.1) is 12.0 Å². The summed E-state index contributed by atoms with van der Waals surface area (Å²) in [6.07, 6.45) is 0.307. The summed E-state index contributed by atoms with van der Waals surface area (Å²) in [6.45, 7) is 5.46. The zero-order chi connectivity index (χ0) is 22.9. The van der Waals surface area contributed by atoms with Crippen LogP contribution in [0, 0.1) is 10.1 Å². The maximum Gasteiger partial charge on any atom is 0.407 e. The Balaban J connectivity index is 2.72. The van der Waals surface area contributed by atoms with Crippen molar-refractivity contribution in [3.63, 3.8) is 0 Å². The Morgan fingerprint density at radius 1 is 1.20 bits per heavy atom. The van der Waals surface area contributed by atoms with E-state index in [1.54, 1.807) is 20.8 Å². The molecule has 1 aromatic rings. The van der Waals surface area contributed by atoms with Gasteiger partial charge in [0.25, 0.3) is 5.69 Å². The zero-order valence-electron chi connectivity index (χ0n) is 17.3. The van der Waals surface area contributed by atoms with E-state index in [-0.39, 0.29) is 13.0 Å². The van der Waals surface area contributed by atoms with Crippen molar-refractivity contribution in [2.24, 2.45) is 0 Å². The van der Waals surface area contributed by atoms with Crippen molar-refractivity contribution in [1.82, 2.24) is 10.0 Å². The van der Waals surface area contributed by atoms with Gasteiger partial charge in [-0.25, -0.2) is 13.2 Å². The Morgan fingerprint density at radius 3 is 2.40 bits per heavy atom. The number of hydrogen-bond acceptors (Lipinski definition) is 8. The monoisotopic (exact) mass is 445 g/mol. The second-order valence-electron chi connectivity index (χ2n) is 7.35. The fourth-order valence-electron chi connectivity index (χ4n) is 2.43. The molecule has 12 heteroatoms. The topological polar surface area (TPSA) is 154 Å². The van der Waals surface area contributed by atoms with Crippen molar-refractivity contribution in [3.05, 3.63) is 34.4 Å². The Bertz CT molecular complexity index is 864. The van der Waals surface area contributed by atoms with Crippen LogP contribution in [0.3, 0.4) is 0 Å². The van der Waals surface area contributed by atoms with E-state index in [0.29, 0.717) is 12.8 Å². The number of benzene rings is 1. The molecule has 0 spiro atoms. The number of hydrogen-bond donors (Lipinski definition) is 2. The van der Waals surface area contributed by atoms with Gasteiger partial charge in [-0.1, -0.05) is 12.1 Å². The van der Waals surface area contributed by atoms with Crippen molar-refractivity contribution in [1.29, 1.82) is 0 Å². The first-order valence-electron chi connectivity index (χ1n) is 9.18. The summed E-state index contributed by atoms with van der Waals surface area (Å²) in [4.78, 5) is 33.3. The molecule has 0 fully saturated rings. The molecule has 0 bridgehead atoms. The van der Waals surface area contributed by atoms with Gasteiger partial charge in [0.1, 0.15) is 11.6 Å². The molecule has 1 aromatic carbocycles. The molecule has 0 radical (unpaired) electrons. The Morgan fingerprint density at radius 2 is 1.83 bits per heavy atom. The van der Waals surface area contributed by atoms with Crippen LogP contribution in [0.1, 0.15) is 40.0 Å². The van der Waals surface area contributed by atoms with Gasteiger partial charge in [-0.2, -0.15) is 4.72 Å². The fraction of sp³-hybridized carbons (Fsp3) is 0.556. The molecule has 0 saturated heterocycles. The first kappa shape index (κ1) is 25.3. The van der Waals surface area contributed by atoms with Gasteiger partial charge in [-0.05, 0) is 46.1 Å². The quantitative estimate of drug-likeness (QED) is 0.240. The first-order chi connectivity index (χ1) is 13.9. The smallest absolute Gasteiger partial charge is 0.407 e. The normalized spacial score (nSPS) is 12.7. The SMILES string of the molecule is COC(=O)[C@H](CCCCNC(=O)OC(C)(C)C)NS(=O)(=O)c1ccccc1[N+](=O)[O-]. The van der Waals surface area contributed by atoms with Crippen molar-refractivity contribution in [3.8, 4) is 0 Å². The van der Waals surface area contributed by atoms with Gasteiger partial charge < -0.3 is 14.8 Å². The predicted octanol–water partition coefficient (Wildman–Crippen LogP) is 2.11. The van der Waals surface area contributed by atoms with Gasteiger partial charge in [-0.15, -0.1) is 0 Å². The summed E-state index contributed by atoms with van der Waals surface area (Å²) in [5, 5.41) is 13.7. The van der Waals surface area contributed by atoms with E-state index < -0.39 is 49.2 Å². The van der Waals surface area contributed by atoms with E-state index >= 15 is 0 Å². The predicted molar refractivity (Wildman–Crippen MR) is 107 cm³/mol. The lowest BCUT2D eigenvalue weighted by Gasteiger charge is -2.20. The van der Waals surface area contributed by atoms with Crippen LogP contribution in [0.2, 0.25) is 0 Å². The molecule has 0 aliphatic rings. The van der Waals surface area contributed by atoms with Crippen LogP contribution in [0.25, 0.3) is 0 Å². The number of nitro groups is 1. The fourth-order valence-corrected chi connectivity index (χ4v) is 3.82. The number of carbonyl (C=O) groups is 2. The minimum absolute atomic E-state index is 0.0720. The number of rotatable bonds is 10. The number of amides is 1. The number of nitrogens with one attached hydrogen (secondary N) is 2. The highest BCUT2D eigenvalue weighted by atomic mass is 32.2. The number of unbranched alkanes of at least 4 members (excludes halogenated alkanes) is 1. The molecular weight excluding hydrogens is 418 g/mol. The van der Waals surface area contributed by atoms with E-state index in [1.807, 2.05) is 0 Å². The molecular formula is C18H27N3O8S. The van der Waals surface area contributed by atoms with Crippen molar-refractivity contribution < 1.29 is 32.4 Å². The van der Waals surface area contributed by atoms with Crippen LogP contribution in [-0.2, 0) is 24.3 Å². The molecule has 168 valence electrons. The zero-order valence-corrected chi connectivity index (χ0v) is 18.2. The number of alkyl carbamates (subject to hydrolysis) is 1. The lowest BCUT2D eigenvalue weighted by molar-refractivity contribution is -0.387. The second kappa shape index (κ2) is 10.9. The molecule has 1 atom stereocenters. The maximum atomic E-state index is 12.6. The molecule has 30 heavy (non-hydrogen) atoms. The Labute approximate surface area is 175 Å². The third-order valence-corrected chi connectivity index (χ3v) is 5.24. The number of para-hydroxylation sites is 1. The molecule has 0 aliphatic heterocycles. The van der Waals surface area contributed by atoms with Crippen LogP contribution in [0.15, 0.2) is 29.2 Å². The van der Waals surface area contributed by atoms with Gasteiger partial charge in [0.2, 0.25) is 10.0 Å². The average Bonchev–Trinajstić information content (AvgIpc) is 2.64. The largest absolute Gasteiger partial charge is 0.468 e. The summed E-state index contributed by atoms with van der Waals surface area (Å²) in [7, 11) is -3.24. The summed E-state index contributed by atoms with van der Waals surface area (Å²) >= 11 is 0. The molecule has 2 N–H and O–H groups in total. The number of nitrogens with zero attached hydrogens (tertiary/aromatic N) is 1. The van der Waals surface area contributed by atoms with Crippen molar-refractivity contribution in [2.45, 2.75) is 56.6 Å². The van der Waals surface area contributed by atoms with Crippen molar-refractivity contribution >= 4 is 27.8 Å². The Kier molecular flexibility index (Phi) is 9.18. The van der Waals surface area contributed by atoms with E-state index in [0.717, 1.165) is 19.2 Å². The third kappa shape index (κ3) is 8.33. The second-order valence-corrected chi connectivity index (χ2v) is 9.03. The molecule has 0 unspecified atom stereocenters. The first-order valence-corrected chi connectivity index (χ1v) is 10.7. The minimum atomic E-state index is -4.35. The molecule has 1 amide bonds. The van der Waals surface area contributed by atoms with E-state index in [2.05, 4.69) is 14.8 Å². The lowest BCUT2D eigenvalue weighted by Crippen LogP contribution is -2.41. The van der Waals surface area contributed by atoms with Crippen LogP contribution >= 0.6 is 0 Å². The van der Waals surface area contributed by atoms with E-state index in [4.69, 9.17) is 4.74 Å². The lowest BCUT2D eigenvalue weighted by atomic mass is 10.1. The highest BCUT2D eigenvalue weighted by molar-refractivity contribution is 7.89. The summed E-state index contributed by atoms with van der Waals surface area (Å²) in [5.74, 6) is -0.822. The molecule has 0 aromatic heterocycles. The Hall–Kier alpha value is -2.73. The highest BCUT2D eigenvalue weighted by Gasteiger charge is 2.30. The molecule has 0 saturated carbocycles. The van der Waals surface area contributed by atoms with Gasteiger partial charge >= 0.3 is 12.1 Å². The number of ether oxygens (including phenoxy) is 2. The third-order valence-electron chi connectivity index (χ3n) is 3.72. The molecule has 11 nitrogen and oxygen atoms in total. The van der Waals surface area contributed by atoms with Gasteiger partial charge in [0.15, 0.2) is 4.90 Å². The summed E-state index contributed by atoms with van der Waals surface area (Å²) < 4.78 is 37.1. The average molecular weight is 445 g/mol. The van der Waals surface area contributed by atoms with Gasteiger partial charge in [-0.3, -0.25) is 14.9 Å². The minimum Gasteiger partial charge on any atom is -0.468 e. The highest BCUT2D eigenvalue weighted by Crippen LogP contribution is 2.23. The standard InChI is InChI=1S/C18H27N3O8S/c1-18(2,3)29-17(23)19-12-8-7-9-13(16(22)28-4)20-30(26,27)15-11-6-5-10-14(15)21(24)25/h5-6,10-11,13,20H,7-9,12H2,1-4H3,(H,19,23)/t13-/m0/s1. The van der Waals surface area contributed by atoms with Crippen molar-refractivity contribution in [2.75, 3.05) is 13.7 Å². The molecule has 0 heterocycles. The number of esters is 1. The number of carbonyl (C=O) groups excluding carboxylic acids is 2. The summed E-state index contributed by atoms with van der Waals surface area (Å²) in [5.41, 5.74) is -1.23. The number of sulfonamides is 1. The summed E-state index contributed by atoms with van der Waals surface area (Å²) in [6, 6.07) is 3.59. The van der Waals surface area contributed by atoms with Crippen LogP contribution in [0.5, 0.6) is 0 Å². The number of nitro benzene ring substituents is 1. The van der Waals surface area contributed by atoms with E-state index in [1.165, 1.54) is 12.1 Å². The number of methoxy groups -OCH3 is 1. The molecule has 0 aliphatic carbocycles. The molecule has 1 rings (SSSR count). The van der Waals surface area contributed by atoms with Crippen LogP contribution in [0.4, 0.5) is 10.5 Å². The van der Waals surface area contributed by atoms with Gasteiger partial charge in [0, 0.05) is 12.6 Å². The van der Waals surface area contributed by atoms with E-state index in [9.17, 15) is 28.1 Å².